The summed E-state index contributed by atoms with van der Waals surface area (Å²) in [5.41, 5.74) is 3.88. The van der Waals surface area contributed by atoms with Crippen LogP contribution >= 0.6 is 0 Å². The highest BCUT2D eigenvalue weighted by Crippen LogP contribution is 2.47. The zero-order valence-electron chi connectivity index (χ0n) is 16.8. The molecule has 2 aromatic rings. The minimum atomic E-state index is -4.47. The molecule has 2 atom stereocenters. The second-order valence-electron chi connectivity index (χ2n) is 7.93. The predicted molar refractivity (Wildman–Crippen MR) is 114 cm³/mol. The molecule has 0 heterocycles. The topological polar surface area (TPSA) is 94.8 Å². The van der Waals surface area contributed by atoms with Gasteiger partial charge in [0.1, 0.15) is 16.4 Å². The smallest absolute Gasteiger partial charge is 0.295 e. The van der Waals surface area contributed by atoms with Crippen LogP contribution in [0.1, 0.15) is 43.7 Å². The van der Waals surface area contributed by atoms with E-state index in [0.29, 0.717) is 11.1 Å². The molecule has 0 saturated carbocycles. The SMILES string of the molecule is C=C(C)[C@@H]1CCC(C)=C[C@H]1c1c(O)cc(-c2cc(C)ccc2S(=O)(=O)O)cc1O. The number of aromatic hydroxyl groups is 2. The quantitative estimate of drug-likeness (QED) is 0.464. The van der Waals surface area contributed by atoms with Gasteiger partial charge in [0, 0.05) is 17.0 Å². The van der Waals surface area contributed by atoms with Crippen molar-refractivity contribution in [3.8, 4) is 22.6 Å². The molecule has 0 amide bonds. The summed E-state index contributed by atoms with van der Waals surface area (Å²) in [7, 11) is -4.47. The third-order valence-electron chi connectivity index (χ3n) is 5.57. The van der Waals surface area contributed by atoms with Crippen molar-refractivity contribution in [1.29, 1.82) is 0 Å². The number of phenols is 2. The lowest BCUT2D eigenvalue weighted by Crippen LogP contribution is -2.17. The van der Waals surface area contributed by atoms with Crippen molar-refractivity contribution in [3.63, 3.8) is 0 Å². The van der Waals surface area contributed by atoms with Crippen LogP contribution in [0.2, 0.25) is 0 Å². The molecule has 3 rings (SSSR count). The van der Waals surface area contributed by atoms with Gasteiger partial charge >= 0.3 is 0 Å². The summed E-state index contributed by atoms with van der Waals surface area (Å²) in [6.45, 7) is 9.82. The fraction of sp³-hybridized carbons (Fsp3) is 0.304. The Hall–Kier alpha value is -2.57. The number of hydrogen-bond donors (Lipinski definition) is 3. The van der Waals surface area contributed by atoms with E-state index in [9.17, 15) is 23.2 Å². The fourth-order valence-electron chi connectivity index (χ4n) is 4.12. The Bertz CT molecular complexity index is 1090. The highest BCUT2D eigenvalue weighted by atomic mass is 32.2. The molecule has 0 unspecified atom stereocenters. The van der Waals surface area contributed by atoms with Crippen molar-refractivity contribution in [1.82, 2.24) is 0 Å². The van der Waals surface area contributed by atoms with Crippen molar-refractivity contribution in [2.75, 3.05) is 0 Å². The molecule has 6 heteroatoms. The summed E-state index contributed by atoms with van der Waals surface area (Å²) < 4.78 is 33.2. The van der Waals surface area contributed by atoms with Gasteiger partial charge in [-0.05, 0) is 63.3 Å². The van der Waals surface area contributed by atoms with E-state index in [4.69, 9.17) is 0 Å². The molecule has 29 heavy (non-hydrogen) atoms. The Morgan fingerprint density at radius 3 is 2.28 bits per heavy atom. The van der Waals surface area contributed by atoms with Crippen LogP contribution in [0.3, 0.4) is 0 Å². The maximum atomic E-state index is 11.8. The lowest BCUT2D eigenvalue weighted by atomic mass is 9.73. The van der Waals surface area contributed by atoms with E-state index in [1.807, 2.05) is 19.9 Å². The Kier molecular flexibility index (Phi) is 5.61. The Balaban J connectivity index is 2.19. The second-order valence-corrected chi connectivity index (χ2v) is 9.32. The number of benzene rings is 2. The van der Waals surface area contributed by atoms with E-state index in [2.05, 4.69) is 6.58 Å². The number of phenolic OH excluding ortho intramolecular Hbond substituents is 2. The normalized spacial score (nSPS) is 19.7. The average molecular weight is 415 g/mol. The van der Waals surface area contributed by atoms with E-state index < -0.39 is 10.1 Å². The molecule has 0 radical (unpaired) electrons. The van der Waals surface area contributed by atoms with E-state index in [1.54, 1.807) is 19.1 Å². The lowest BCUT2D eigenvalue weighted by molar-refractivity contribution is 0.407. The largest absolute Gasteiger partial charge is 0.507 e. The fourth-order valence-corrected chi connectivity index (χ4v) is 4.82. The van der Waals surface area contributed by atoms with Gasteiger partial charge in [-0.3, -0.25) is 4.55 Å². The first-order valence-electron chi connectivity index (χ1n) is 9.46. The average Bonchev–Trinajstić information content (AvgIpc) is 2.59. The first kappa shape index (κ1) is 21.1. The minimum absolute atomic E-state index is 0.0914. The molecule has 0 fully saturated rings. The summed E-state index contributed by atoms with van der Waals surface area (Å²) in [6, 6.07) is 7.36. The zero-order valence-corrected chi connectivity index (χ0v) is 17.6. The number of aryl methyl sites for hydroxylation is 1. The number of allylic oxidation sites excluding steroid dienone is 3. The van der Waals surface area contributed by atoms with Crippen LogP contribution in [-0.4, -0.2) is 23.2 Å². The van der Waals surface area contributed by atoms with Crippen LogP contribution in [0.25, 0.3) is 11.1 Å². The molecule has 0 aromatic heterocycles. The van der Waals surface area contributed by atoms with Gasteiger partial charge in [-0.2, -0.15) is 8.42 Å². The van der Waals surface area contributed by atoms with Crippen LogP contribution in [0, 0.1) is 12.8 Å². The summed E-state index contributed by atoms with van der Waals surface area (Å²) >= 11 is 0. The molecule has 0 spiro atoms. The van der Waals surface area contributed by atoms with Gasteiger partial charge in [0.25, 0.3) is 10.1 Å². The van der Waals surface area contributed by atoms with Gasteiger partial charge < -0.3 is 10.2 Å². The molecule has 0 bridgehead atoms. The zero-order chi connectivity index (χ0) is 21.5. The molecule has 154 valence electrons. The van der Waals surface area contributed by atoms with E-state index in [0.717, 1.165) is 24.0 Å². The number of rotatable bonds is 4. The second kappa shape index (κ2) is 7.69. The standard InChI is InChI=1S/C23H26O5S/c1-13(2)17-7-5-14(3)10-19(17)23-20(24)11-16(12-21(23)25)18-9-15(4)6-8-22(18)29(26,27)28/h6,8-12,17,19,24-25H,1,5,7H2,2-4H3,(H,26,27,28)/t17-,19+/m0/s1. The highest BCUT2D eigenvalue weighted by molar-refractivity contribution is 7.86. The minimum Gasteiger partial charge on any atom is -0.507 e. The van der Waals surface area contributed by atoms with Gasteiger partial charge in [0.2, 0.25) is 0 Å². The maximum Gasteiger partial charge on any atom is 0.295 e. The maximum absolute atomic E-state index is 11.8. The molecule has 1 aliphatic carbocycles. The van der Waals surface area contributed by atoms with Gasteiger partial charge in [0.15, 0.2) is 0 Å². The van der Waals surface area contributed by atoms with Gasteiger partial charge in [-0.15, -0.1) is 0 Å². The Morgan fingerprint density at radius 1 is 1.10 bits per heavy atom. The Labute approximate surface area is 171 Å². The van der Waals surface area contributed by atoms with Crippen LogP contribution in [0.5, 0.6) is 11.5 Å². The molecule has 0 saturated heterocycles. The summed E-state index contributed by atoms with van der Waals surface area (Å²) in [5, 5.41) is 21.6. The Morgan fingerprint density at radius 2 is 1.72 bits per heavy atom. The lowest BCUT2D eigenvalue weighted by Gasteiger charge is -2.31. The summed E-state index contributed by atoms with van der Waals surface area (Å²) in [6.07, 6.45) is 3.87. The van der Waals surface area contributed by atoms with Gasteiger partial charge in [0.05, 0.1) is 0 Å². The van der Waals surface area contributed by atoms with E-state index in [-0.39, 0.29) is 33.8 Å². The molecule has 3 N–H and O–H groups in total. The molecular weight excluding hydrogens is 388 g/mol. The monoisotopic (exact) mass is 414 g/mol. The van der Waals surface area contributed by atoms with E-state index in [1.165, 1.54) is 23.8 Å². The van der Waals surface area contributed by atoms with Crippen molar-refractivity contribution < 1.29 is 23.2 Å². The van der Waals surface area contributed by atoms with Crippen LogP contribution in [0.15, 0.2) is 59.0 Å². The van der Waals surface area contributed by atoms with Crippen LogP contribution in [-0.2, 0) is 10.1 Å². The van der Waals surface area contributed by atoms with Gasteiger partial charge in [-0.25, -0.2) is 0 Å². The van der Waals surface area contributed by atoms with Crippen molar-refractivity contribution in [3.05, 3.63) is 65.3 Å². The number of hydrogen-bond acceptors (Lipinski definition) is 4. The van der Waals surface area contributed by atoms with E-state index >= 15 is 0 Å². The molecule has 2 aromatic carbocycles. The first-order chi connectivity index (χ1) is 13.5. The highest BCUT2D eigenvalue weighted by Gasteiger charge is 2.30. The van der Waals surface area contributed by atoms with Crippen molar-refractivity contribution in [2.24, 2.45) is 5.92 Å². The van der Waals surface area contributed by atoms with Crippen LogP contribution < -0.4 is 0 Å². The first-order valence-corrected chi connectivity index (χ1v) is 10.9. The van der Waals surface area contributed by atoms with Crippen LogP contribution in [0.4, 0.5) is 0 Å². The van der Waals surface area contributed by atoms with Crippen molar-refractivity contribution in [2.45, 2.75) is 44.4 Å². The molecular formula is C23H26O5S. The predicted octanol–water partition coefficient (Wildman–Crippen LogP) is 5.34. The molecule has 5 nitrogen and oxygen atoms in total. The summed E-state index contributed by atoms with van der Waals surface area (Å²) in [5.74, 6) is -0.363. The third kappa shape index (κ3) is 4.23. The molecule has 1 aliphatic rings. The van der Waals surface area contributed by atoms with Crippen molar-refractivity contribution >= 4 is 10.1 Å². The van der Waals surface area contributed by atoms with Gasteiger partial charge in [-0.1, -0.05) is 41.5 Å². The third-order valence-corrected chi connectivity index (χ3v) is 6.49. The summed E-state index contributed by atoms with van der Waals surface area (Å²) in [4.78, 5) is -0.275. The molecule has 0 aliphatic heterocycles.